The predicted molar refractivity (Wildman–Crippen MR) is 77.0 cm³/mol. The molecule has 0 aliphatic heterocycles. The molecular weight excluding hydrogens is 252 g/mol. The van der Waals surface area contributed by atoms with E-state index in [9.17, 15) is 9.90 Å². The Balaban J connectivity index is 1.73. The summed E-state index contributed by atoms with van der Waals surface area (Å²) in [5, 5.41) is 13.2. The normalized spacial score (nSPS) is 32.7. The molecule has 4 N–H and O–H groups in total. The maximum Gasteiger partial charge on any atom is 0.225 e. The fourth-order valence-electron chi connectivity index (χ4n) is 3.49. The number of amides is 1. The summed E-state index contributed by atoms with van der Waals surface area (Å²) in [6.07, 6.45) is 4.03. The van der Waals surface area contributed by atoms with Gasteiger partial charge in [-0.25, -0.2) is 0 Å². The summed E-state index contributed by atoms with van der Waals surface area (Å²) >= 11 is 0. The maximum atomic E-state index is 12.4. The molecule has 20 heavy (non-hydrogen) atoms. The van der Waals surface area contributed by atoms with E-state index in [2.05, 4.69) is 5.32 Å². The first-order valence-corrected chi connectivity index (χ1v) is 7.48. The van der Waals surface area contributed by atoms with Gasteiger partial charge in [0.15, 0.2) is 0 Å². The molecule has 108 valence electrons. The number of nitrogens with two attached hydrogens (primary N) is 1. The first-order chi connectivity index (χ1) is 9.66. The zero-order valence-corrected chi connectivity index (χ0v) is 11.6. The standard InChI is InChI=1S/C16H22N2O2/c17-13-8-4-3-7-12(13)16(20)18-15-11-6-2-1-5-10(11)9-14(15)19/h1-2,5-6,12-15,19H,3-4,7-9,17H2,(H,18,20)/t12?,13?,14-,15+/m1/s1. The Bertz CT molecular complexity index is 503. The summed E-state index contributed by atoms with van der Waals surface area (Å²) in [6.45, 7) is 0. The van der Waals surface area contributed by atoms with Gasteiger partial charge in [-0.1, -0.05) is 37.1 Å². The molecule has 4 atom stereocenters. The lowest BCUT2D eigenvalue weighted by molar-refractivity contribution is -0.128. The molecule has 4 heteroatoms. The van der Waals surface area contributed by atoms with Crippen molar-refractivity contribution in [3.8, 4) is 0 Å². The van der Waals surface area contributed by atoms with Crippen LogP contribution in [0.25, 0.3) is 0 Å². The second-order valence-corrected chi connectivity index (χ2v) is 6.01. The van der Waals surface area contributed by atoms with Crippen LogP contribution < -0.4 is 11.1 Å². The molecule has 0 bridgehead atoms. The molecule has 0 aromatic heterocycles. The maximum absolute atomic E-state index is 12.4. The summed E-state index contributed by atoms with van der Waals surface area (Å²) in [7, 11) is 0. The molecule has 2 aliphatic carbocycles. The van der Waals surface area contributed by atoms with Crippen LogP contribution in [-0.4, -0.2) is 23.2 Å². The highest BCUT2D eigenvalue weighted by atomic mass is 16.3. The van der Waals surface area contributed by atoms with Gasteiger partial charge in [0.1, 0.15) is 0 Å². The highest BCUT2D eigenvalue weighted by Crippen LogP contribution is 2.32. The van der Waals surface area contributed by atoms with E-state index >= 15 is 0 Å². The van der Waals surface area contributed by atoms with Crippen molar-refractivity contribution in [3.63, 3.8) is 0 Å². The minimum atomic E-state index is -0.531. The first-order valence-electron chi connectivity index (χ1n) is 7.48. The highest BCUT2D eigenvalue weighted by Gasteiger charge is 2.35. The number of carbonyl (C=O) groups is 1. The van der Waals surface area contributed by atoms with E-state index in [4.69, 9.17) is 5.73 Å². The van der Waals surface area contributed by atoms with Gasteiger partial charge in [0.05, 0.1) is 18.1 Å². The second-order valence-electron chi connectivity index (χ2n) is 6.01. The number of aliphatic hydroxyl groups is 1. The van der Waals surface area contributed by atoms with Crippen molar-refractivity contribution in [2.75, 3.05) is 0 Å². The Labute approximate surface area is 119 Å². The quantitative estimate of drug-likeness (QED) is 0.760. The van der Waals surface area contributed by atoms with Crippen molar-refractivity contribution in [2.24, 2.45) is 11.7 Å². The SMILES string of the molecule is NC1CCCCC1C(=O)N[C@H]1c2ccccc2C[C@H]1O. The van der Waals surface area contributed by atoms with Crippen LogP contribution in [0.5, 0.6) is 0 Å². The van der Waals surface area contributed by atoms with Crippen LogP contribution in [0.4, 0.5) is 0 Å². The Morgan fingerprint density at radius 2 is 2.00 bits per heavy atom. The smallest absolute Gasteiger partial charge is 0.225 e. The molecule has 1 aromatic carbocycles. The van der Waals surface area contributed by atoms with Crippen LogP contribution in [0, 0.1) is 5.92 Å². The van der Waals surface area contributed by atoms with Gasteiger partial charge in [-0.15, -0.1) is 0 Å². The summed E-state index contributed by atoms with van der Waals surface area (Å²) < 4.78 is 0. The van der Waals surface area contributed by atoms with Crippen molar-refractivity contribution in [3.05, 3.63) is 35.4 Å². The minimum Gasteiger partial charge on any atom is -0.390 e. The van der Waals surface area contributed by atoms with Gasteiger partial charge in [-0.2, -0.15) is 0 Å². The Morgan fingerprint density at radius 1 is 1.25 bits per heavy atom. The van der Waals surface area contributed by atoms with Crippen LogP contribution in [-0.2, 0) is 11.2 Å². The number of benzene rings is 1. The van der Waals surface area contributed by atoms with E-state index < -0.39 is 6.10 Å². The van der Waals surface area contributed by atoms with Crippen LogP contribution in [0.1, 0.15) is 42.9 Å². The van der Waals surface area contributed by atoms with Crippen LogP contribution in [0.15, 0.2) is 24.3 Å². The van der Waals surface area contributed by atoms with Gasteiger partial charge in [-0.05, 0) is 24.0 Å². The number of hydrogen-bond donors (Lipinski definition) is 3. The van der Waals surface area contributed by atoms with E-state index in [1.807, 2.05) is 24.3 Å². The second kappa shape index (κ2) is 5.54. The molecule has 2 aliphatic rings. The van der Waals surface area contributed by atoms with Crippen LogP contribution in [0.2, 0.25) is 0 Å². The molecule has 1 amide bonds. The molecule has 0 spiro atoms. The fourth-order valence-corrected chi connectivity index (χ4v) is 3.49. The predicted octanol–water partition coefficient (Wildman–Crippen LogP) is 1.28. The molecule has 0 heterocycles. The lowest BCUT2D eigenvalue weighted by atomic mass is 9.84. The van der Waals surface area contributed by atoms with E-state index in [0.717, 1.165) is 36.8 Å². The zero-order chi connectivity index (χ0) is 14.1. The van der Waals surface area contributed by atoms with E-state index in [-0.39, 0.29) is 23.9 Å². The number of fused-ring (bicyclic) bond motifs is 1. The van der Waals surface area contributed by atoms with Crippen molar-refractivity contribution in [1.29, 1.82) is 0 Å². The summed E-state index contributed by atoms with van der Waals surface area (Å²) in [6, 6.07) is 7.58. The third-order valence-electron chi connectivity index (χ3n) is 4.66. The molecule has 2 unspecified atom stereocenters. The Morgan fingerprint density at radius 3 is 2.80 bits per heavy atom. The van der Waals surface area contributed by atoms with Crippen LogP contribution >= 0.6 is 0 Å². The Kier molecular flexibility index (Phi) is 3.76. The van der Waals surface area contributed by atoms with Gasteiger partial charge >= 0.3 is 0 Å². The number of hydrogen-bond acceptors (Lipinski definition) is 3. The van der Waals surface area contributed by atoms with Gasteiger partial charge in [0.2, 0.25) is 5.91 Å². The number of rotatable bonds is 2. The van der Waals surface area contributed by atoms with Gasteiger partial charge < -0.3 is 16.2 Å². The summed E-state index contributed by atoms with van der Waals surface area (Å²) in [5.74, 6) is -0.110. The molecule has 0 saturated heterocycles. The number of carbonyl (C=O) groups excluding carboxylic acids is 1. The third-order valence-corrected chi connectivity index (χ3v) is 4.66. The van der Waals surface area contributed by atoms with Crippen molar-refractivity contribution in [1.82, 2.24) is 5.32 Å². The lowest BCUT2D eigenvalue weighted by Crippen LogP contribution is -2.46. The van der Waals surface area contributed by atoms with Crippen LogP contribution in [0.3, 0.4) is 0 Å². The lowest BCUT2D eigenvalue weighted by Gasteiger charge is -2.29. The molecule has 1 aromatic rings. The topological polar surface area (TPSA) is 75.4 Å². The average Bonchev–Trinajstić information content (AvgIpc) is 2.76. The molecule has 0 radical (unpaired) electrons. The van der Waals surface area contributed by atoms with Gasteiger partial charge in [0.25, 0.3) is 0 Å². The fraction of sp³-hybridized carbons (Fsp3) is 0.562. The molecule has 4 nitrogen and oxygen atoms in total. The zero-order valence-electron chi connectivity index (χ0n) is 11.6. The van der Waals surface area contributed by atoms with E-state index in [1.165, 1.54) is 0 Å². The van der Waals surface area contributed by atoms with Gasteiger partial charge in [-0.3, -0.25) is 4.79 Å². The minimum absolute atomic E-state index is 0.00190. The number of aliphatic hydroxyl groups excluding tert-OH is 1. The highest BCUT2D eigenvalue weighted by molar-refractivity contribution is 5.80. The van der Waals surface area contributed by atoms with Crippen molar-refractivity contribution < 1.29 is 9.90 Å². The molecular formula is C16H22N2O2. The van der Waals surface area contributed by atoms with E-state index in [1.54, 1.807) is 0 Å². The molecule has 3 rings (SSSR count). The average molecular weight is 274 g/mol. The largest absolute Gasteiger partial charge is 0.390 e. The first kappa shape index (κ1) is 13.6. The van der Waals surface area contributed by atoms with Crippen molar-refractivity contribution >= 4 is 5.91 Å². The van der Waals surface area contributed by atoms with Gasteiger partial charge in [0, 0.05) is 12.5 Å². The summed E-state index contributed by atoms with van der Waals surface area (Å²) in [5.41, 5.74) is 8.22. The van der Waals surface area contributed by atoms with Crippen molar-refractivity contribution in [2.45, 2.75) is 50.3 Å². The third kappa shape index (κ3) is 2.45. The molecule has 1 saturated carbocycles. The Hall–Kier alpha value is -1.39. The number of nitrogens with one attached hydrogen (secondary N) is 1. The van der Waals surface area contributed by atoms with E-state index in [0.29, 0.717) is 6.42 Å². The molecule has 1 fully saturated rings. The monoisotopic (exact) mass is 274 g/mol. The summed E-state index contributed by atoms with van der Waals surface area (Å²) in [4.78, 5) is 12.4.